The van der Waals surface area contributed by atoms with Gasteiger partial charge in [-0.2, -0.15) is 0 Å². The molecule has 0 saturated carbocycles. The number of hydrogen-bond donors (Lipinski definition) is 4. The number of benzene rings is 8. The zero-order chi connectivity index (χ0) is 81.1. The molecule has 0 radical (unpaired) electrons. The molecular formula is C90H119ClN4O14S4. The van der Waals surface area contributed by atoms with Crippen LogP contribution in [0.4, 0.5) is 0 Å². The predicted molar refractivity (Wildman–Crippen MR) is 455 cm³/mol. The highest BCUT2D eigenvalue weighted by molar-refractivity contribution is 7.92. The Morgan fingerprint density at radius 1 is 0.416 bits per heavy atom. The molecule has 4 aliphatic rings. The van der Waals surface area contributed by atoms with Gasteiger partial charge in [-0.25, -0.2) is 33.7 Å². The summed E-state index contributed by atoms with van der Waals surface area (Å²) in [5.74, 6) is 2.91. The molecule has 4 aliphatic heterocycles. The fourth-order valence-electron chi connectivity index (χ4n) is 15.8. The van der Waals surface area contributed by atoms with Crippen LogP contribution in [0.3, 0.4) is 0 Å². The van der Waals surface area contributed by atoms with Crippen LogP contribution in [-0.2, 0) is 39.3 Å². The fraction of sp³-hybridized carbons (Fsp3) is 0.456. The number of nitrogens with one attached hydrogen (secondary N) is 4. The van der Waals surface area contributed by atoms with E-state index in [1.165, 1.54) is 13.2 Å². The maximum Gasteiger partial charge on any atom is 0.180 e. The lowest BCUT2D eigenvalue weighted by atomic mass is 9.88. The molecule has 18 nitrogen and oxygen atoms in total. The van der Waals surface area contributed by atoms with Gasteiger partial charge in [-0.3, -0.25) is 20.7 Å². The summed E-state index contributed by atoms with van der Waals surface area (Å²) < 4.78 is 135. The van der Waals surface area contributed by atoms with Crippen LogP contribution in [0, 0.1) is 0 Å². The van der Waals surface area contributed by atoms with E-state index in [-0.39, 0.29) is 76.6 Å². The molecule has 8 aromatic carbocycles. The van der Waals surface area contributed by atoms with E-state index in [1.54, 1.807) is 43.5 Å². The summed E-state index contributed by atoms with van der Waals surface area (Å²) in [6, 6.07) is 56.4. The Morgan fingerprint density at radius 3 is 1.20 bits per heavy atom. The average Bonchev–Trinajstić information content (AvgIpc) is 1.67. The first kappa shape index (κ1) is 90.9. The van der Waals surface area contributed by atoms with Gasteiger partial charge in [0.05, 0.1) is 100 Å². The van der Waals surface area contributed by atoms with Crippen LogP contribution >= 0.6 is 12.4 Å². The minimum atomic E-state index is -3.52. The molecule has 1 unspecified atom stereocenters. The lowest BCUT2D eigenvalue weighted by Gasteiger charge is -2.35. The van der Waals surface area contributed by atoms with E-state index < -0.39 is 56.0 Å². The molecule has 113 heavy (non-hydrogen) atoms. The number of carbonyl (C=O) groups is 1. The highest BCUT2D eigenvalue weighted by Crippen LogP contribution is 2.46. The second-order valence-corrected chi connectivity index (χ2v) is 37.9. The molecule has 0 fully saturated rings. The van der Waals surface area contributed by atoms with Crippen molar-refractivity contribution in [3.63, 3.8) is 0 Å². The van der Waals surface area contributed by atoms with Crippen LogP contribution in [0.5, 0.6) is 28.7 Å². The maximum atomic E-state index is 13.5. The first-order valence-electron chi connectivity index (χ1n) is 39.9. The van der Waals surface area contributed by atoms with E-state index >= 15 is 0 Å². The normalized spacial score (nSPS) is 21.9. The van der Waals surface area contributed by atoms with Gasteiger partial charge in [-0.1, -0.05) is 227 Å². The molecule has 0 saturated heterocycles. The molecule has 23 heteroatoms. The first-order valence-corrected chi connectivity index (χ1v) is 46.5. The van der Waals surface area contributed by atoms with Gasteiger partial charge in [0, 0.05) is 40.4 Å². The summed E-state index contributed by atoms with van der Waals surface area (Å²) in [7, 11) is -10.9. The van der Waals surface area contributed by atoms with Gasteiger partial charge >= 0.3 is 0 Å². The average molecular weight is 1640 g/mol. The highest BCUT2D eigenvalue weighted by atomic mass is 35.5. The van der Waals surface area contributed by atoms with Gasteiger partial charge in [0.15, 0.2) is 62.3 Å². The smallest absolute Gasteiger partial charge is 0.180 e. The van der Waals surface area contributed by atoms with Crippen LogP contribution in [-0.4, -0.2) is 119 Å². The van der Waals surface area contributed by atoms with Crippen molar-refractivity contribution in [3.8, 4) is 28.7 Å². The van der Waals surface area contributed by atoms with Crippen molar-refractivity contribution < 1.29 is 62.2 Å². The van der Waals surface area contributed by atoms with Gasteiger partial charge in [-0.05, 0) is 147 Å². The molecule has 12 rings (SSSR count). The van der Waals surface area contributed by atoms with E-state index in [2.05, 4.69) is 61.1 Å². The summed E-state index contributed by atoms with van der Waals surface area (Å²) in [6.45, 7) is 23.2. The van der Waals surface area contributed by atoms with Crippen molar-refractivity contribution in [2.24, 2.45) is 0 Å². The molecule has 8 aromatic rings. The van der Waals surface area contributed by atoms with E-state index in [4.69, 9.17) is 23.7 Å². The summed E-state index contributed by atoms with van der Waals surface area (Å²) >= 11 is 0. The van der Waals surface area contributed by atoms with Gasteiger partial charge in [0.1, 0.15) is 12.0 Å². The number of unbranched alkanes of at least 4 members (excludes halogenated alkanes) is 3. The summed E-state index contributed by atoms with van der Waals surface area (Å²) in [5.41, 5.74) is 6.07. The maximum absolute atomic E-state index is 13.5. The molecule has 7 atom stereocenters. The Balaban J connectivity index is 0.000000188. The minimum Gasteiger partial charge on any atom is -0.493 e. The summed E-state index contributed by atoms with van der Waals surface area (Å²) in [4.78, 5) is 12.6. The van der Waals surface area contributed by atoms with Crippen LogP contribution < -0.4 is 45.0 Å². The topological polar surface area (TPSA) is 248 Å². The molecule has 0 bridgehead atoms. The van der Waals surface area contributed by atoms with E-state index in [1.807, 2.05) is 176 Å². The molecule has 0 aromatic heterocycles. The molecule has 0 spiro atoms. The predicted octanol–water partition coefficient (Wildman–Crippen LogP) is 18.2. The van der Waals surface area contributed by atoms with Gasteiger partial charge < -0.3 is 29.0 Å². The second kappa shape index (κ2) is 40.8. The van der Waals surface area contributed by atoms with E-state index in [0.717, 1.165) is 110 Å². The van der Waals surface area contributed by atoms with Crippen molar-refractivity contribution >= 4 is 58.0 Å². The van der Waals surface area contributed by atoms with Crippen molar-refractivity contribution in [1.82, 2.24) is 21.3 Å². The molecule has 4 N–H and O–H groups in total. The van der Waals surface area contributed by atoms with Crippen LogP contribution in [0.1, 0.15) is 239 Å². The van der Waals surface area contributed by atoms with E-state index in [9.17, 15) is 38.5 Å². The number of carbonyl (C=O) groups excluding carboxylic acids is 1. The SMILES string of the molecule is CCC1(CC)CS(=O)(=O)c2cc(OC)c(OC)cc2[C@@H](c2ccccc2)N1.CCCCC1CS(=O)(=O)c2cc(OCC)c(OCC)cc2[C@@H](c2ccccc2)N1.CCCC[C@]1(CC)CS(=O)(=O)c2cc(C=O)ccc2[C@@H](c2ccccc2)N1.CCCC[C@]1(CC)CS(=O)(=O)c2cc(OC(C)C)ccc2[C@@H](c2ccccc2)N1.Cl. The third kappa shape index (κ3) is 22.1. The quantitative estimate of drug-likeness (QED) is 0.0368. The molecule has 0 amide bonds. The third-order valence-corrected chi connectivity index (χ3v) is 29.8. The number of rotatable bonds is 26. The Morgan fingerprint density at radius 2 is 0.779 bits per heavy atom. The van der Waals surface area contributed by atoms with Gasteiger partial charge in [0.25, 0.3) is 0 Å². The molecule has 0 aliphatic carbocycles. The Hall–Kier alpha value is -7.64. The van der Waals surface area contributed by atoms with Crippen LogP contribution in [0.2, 0.25) is 0 Å². The Bertz CT molecular complexity index is 4890. The lowest BCUT2D eigenvalue weighted by molar-refractivity contribution is 0.112. The minimum absolute atomic E-state index is 0. The van der Waals surface area contributed by atoms with Crippen molar-refractivity contribution in [2.45, 2.75) is 232 Å². The van der Waals surface area contributed by atoms with Crippen LogP contribution in [0.15, 0.2) is 202 Å². The van der Waals surface area contributed by atoms with Gasteiger partial charge in [0.2, 0.25) is 0 Å². The van der Waals surface area contributed by atoms with Crippen molar-refractivity contribution in [3.05, 3.63) is 232 Å². The van der Waals surface area contributed by atoms with Crippen LogP contribution in [0.25, 0.3) is 0 Å². The Labute approximate surface area is 680 Å². The molecule has 4 heterocycles. The number of fused-ring (bicyclic) bond motifs is 4. The molecular weight excluding hydrogens is 1520 g/mol. The number of hydrogen-bond acceptors (Lipinski definition) is 18. The standard InChI is InChI=1S/C24H33NO3S.C23H31NO4S.C22H27NO3S.C21H27NO4S.ClH/c1-5-7-15-24(6-2)17-29(26,27)22-16-20(28-18(3)4)13-14-21(22)23(25-24)19-11-9-8-10-12-19;1-4-7-13-18-16-29(25,26)22-15-21(28-6-3)20(27-5-2)14-19(22)23(24-18)17-11-9-8-10-12-17;1-3-5-13-22(4-2)16-27(25,26)20-14-17(15-24)11-12-19(20)21(23-22)18-9-7-6-8-10-18;1-5-21(6-2)14-27(23,24)19-13-18(26-4)17(25-3)12-16(19)20(22-21)15-10-8-7-9-11-15;/h8-14,16,18,23,25H,5-7,15,17H2,1-4H3;8-12,14-15,18,23-24H,4-7,13,16H2,1-3H3;6-12,14-15,21,23H,3-5,13,16H2,1-2H3;7-13,20,22H,5-6,14H2,1-4H3;1H/t23-,24-;18?,23-;21-,22-;20-;/m1111./s1. The fourth-order valence-corrected chi connectivity index (χ4v) is 24.1. The molecule has 614 valence electrons. The first-order chi connectivity index (χ1) is 53.6. The lowest BCUT2D eigenvalue weighted by Crippen LogP contribution is -2.50. The summed E-state index contributed by atoms with van der Waals surface area (Å²) in [6.07, 6.45) is 12.1. The monoisotopic (exact) mass is 1640 g/mol. The zero-order valence-electron chi connectivity index (χ0n) is 68.1. The third-order valence-electron chi connectivity index (χ3n) is 22.0. The second-order valence-electron chi connectivity index (χ2n) is 30.1. The van der Waals surface area contributed by atoms with Crippen molar-refractivity contribution in [1.29, 1.82) is 0 Å². The number of ether oxygens (including phenoxy) is 5. The Kier molecular flexibility index (Phi) is 32.8. The number of methoxy groups -OCH3 is 2. The zero-order valence-corrected chi connectivity index (χ0v) is 72.1. The summed E-state index contributed by atoms with van der Waals surface area (Å²) in [5, 5.41) is 14.8. The number of sulfone groups is 4. The highest BCUT2D eigenvalue weighted by Gasteiger charge is 2.46. The number of halogens is 1. The largest absolute Gasteiger partial charge is 0.493 e. The van der Waals surface area contributed by atoms with Gasteiger partial charge in [-0.15, -0.1) is 12.4 Å². The van der Waals surface area contributed by atoms with E-state index in [0.29, 0.717) is 86.9 Å². The van der Waals surface area contributed by atoms with Crippen molar-refractivity contribution in [2.75, 3.05) is 50.4 Å². The number of aldehydes is 1.